The first-order chi connectivity index (χ1) is 18.3. The molecule has 1 saturated heterocycles. The number of aliphatic hydroxyl groups is 1. The highest BCUT2D eigenvalue weighted by molar-refractivity contribution is 6.46. The first-order valence-electron chi connectivity index (χ1n) is 13.0. The van der Waals surface area contributed by atoms with Gasteiger partial charge in [-0.3, -0.25) is 14.6 Å². The van der Waals surface area contributed by atoms with Crippen molar-refractivity contribution in [3.63, 3.8) is 0 Å². The van der Waals surface area contributed by atoms with Crippen molar-refractivity contribution in [1.29, 1.82) is 0 Å². The van der Waals surface area contributed by atoms with Gasteiger partial charge in [-0.15, -0.1) is 0 Å². The predicted octanol–water partition coefficient (Wildman–Crippen LogP) is 5.45. The molecule has 7 nitrogen and oxygen atoms in total. The van der Waals surface area contributed by atoms with E-state index in [0.29, 0.717) is 35.8 Å². The van der Waals surface area contributed by atoms with Gasteiger partial charge in [-0.2, -0.15) is 0 Å². The van der Waals surface area contributed by atoms with Crippen LogP contribution in [0, 0.1) is 5.92 Å². The number of hydrogen-bond acceptors (Lipinski definition) is 6. The number of pyridine rings is 1. The second kappa shape index (κ2) is 10.7. The monoisotopic (exact) mass is 512 g/mol. The van der Waals surface area contributed by atoms with Gasteiger partial charge in [-0.05, 0) is 72.4 Å². The van der Waals surface area contributed by atoms with E-state index in [9.17, 15) is 14.7 Å². The van der Waals surface area contributed by atoms with Crippen LogP contribution in [0.2, 0.25) is 0 Å². The number of amides is 1. The number of rotatable bonds is 8. The Bertz CT molecular complexity index is 1380. The van der Waals surface area contributed by atoms with Crippen LogP contribution in [0.5, 0.6) is 11.5 Å². The number of carbonyl (C=O) groups excluding carboxylic acids is 2. The molecule has 7 heteroatoms. The van der Waals surface area contributed by atoms with Crippen molar-refractivity contribution >= 4 is 17.4 Å². The van der Waals surface area contributed by atoms with Gasteiger partial charge in [-0.1, -0.05) is 32.0 Å². The Morgan fingerprint density at radius 2 is 2.00 bits per heavy atom. The molecule has 1 fully saturated rings. The summed E-state index contributed by atoms with van der Waals surface area (Å²) in [6, 6.07) is 15.6. The number of Topliss-reactive ketones (excluding diaryl/α,β-unsaturated/α-hetero) is 1. The fourth-order valence-corrected chi connectivity index (χ4v) is 4.99. The minimum atomic E-state index is -0.785. The van der Waals surface area contributed by atoms with Gasteiger partial charge in [0.15, 0.2) is 0 Å². The summed E-state index contributed by atoms with van der Waals surface area (Å²) in [4.78, 5) is 32.5. The van der Waals surface area contributed by atoms with E-state index in [4.69, 9.17) is 9.47 Å². The van der Waals surface area contributed by atoms with Gasteiger partial charge >= 0.3 is 0 Å². The van der Waals surface area contributed by atoms with E-state index in [1.54, 1.807) is 30.6 Å². The number of carbonyl (C=O) groups is 2. The van der Waals surface area contributed by atoms with Crippen molar-refractivity contribution < 1.29 is 24.2 Å². The molecule has 1 aromatic heterocycles. The lowest BCUT2D eigenvalue weighted by atomic mass is 9.94. The van der Waals surface area contributed by atoms with Gasteiger partial charge in [0.2, 0.25) is 0 Å². The number of likely N-dealkylation sites (tertiary alicyclic amines) is 1. The third-order valence-electron chi connectivity index (χ3n) is 6.92. The van der Waals surface area contributed by atoms with Crippen LogP contribution < -0.4 is 9.47 Å². The third kappa shape index (κ3) is 5.14. The Morgan fingerprint density at radius 3 is 2.76 bits per heavy atom. The molecule has 0 spiro atoms. The smallest absolute Gasteiger partial charge is 0.295 e. The average molecular weight is 513 g/mol. The standard InChI is InChI=1S/C31H32N2O5/c1-19(2)11-13-37-25-8-4-7-22(16-25)28-27(29(34)23-9-10-26-24(15-23)14-20(3)38-26)30(35)31(36)33(28)18-21-6-5-12-32-17-21/h4-10,12,15-17,19-20,28,34H,11,13-14,18H2,1-3H3/b29-27+/t20-,28+/m0/s1. The first-order valence-corrected chi connectivity index (χ1v) is 13.0. The van der Waals surface area contributed by atoms with Crippen molar-refractivity contribution in [3.8, 4) is 11.5 Å². The number of nitrogens with zero attached hydrogens (tertiary/aromatic N) is 2. The summed E-state index contributed by atoms with van der Waals surface area (Å²) < 4.78 is 11.8. The molecule has 0 bridgehead atoms. The Kier molecular flexibility index (Phi) is 7.18. The van der Waals surface area contributed by atoms with Crippen LogP contribution in [0.15, 0.2) is 72.6 Å². The second-order valence-electron chi connectivity index (χ2n) is 10.3. The lowest BCUT2D eigenvalue weighted by molar-refractivity contribution is -0.140. The fourth-order valence-electron chi connectivity index (χ4n) is 4.99. The Morgan fingerprint density at radius 1 is 1.16 bits per heavy atom. The van der Waals surface area contributed by atoms with Crippen molar-refractivity contribution in [2.75, 3.05) is 6.61 Å². The van der Waals surface area contributed by atoms with E-state index in [1.807, 2.05) is 43.3 Å². The zero-order valence-corrected chi connectivity index (χ0v) is 21.9. The molecular weight excluding hydrogens is 480 g/mol. The average Bonchev–Trinajstić information content (AvgIpc) is 3.40. The SMILES string of the molecule is CC(C)CCOc1cccc([C@@H]2/C(=C(\O)c3ccc4c(c3)C[C@H](C)O4)C(=O)C(=O)N2Cc2cccnc2)c1. The zero-order chi connectivity index (χ0) is 26.8. The molecular formula is C31H32N2O5. The summed E-state index contributed by atoms with van der Waals surface area (Å²) >= 11 is 0. The number of fused-ring (bicyclic) bond motifs is 1. The highest BCUT2D eigenvalue weighted by Crippen LogP contribution is 2.42. The Labute approximate surface area is 222 Å². The van der Waals surface area contributed by atoms with E-state index in [1.165, 1.54) is 4.90 Å². The van der Waals surface area contributed by atoms with Gasteiger partial charge in [-0.25, -0.2) is 0 Å². The molecule has 0 saturated carbocycles. The summed E-state index contributed by atoms with van der Waals surface area (Å²) in [5.41, 5.74) is 2.98. The molecule has 38 heavy (non-hydrogen) atoms. The van der Waals surface area contributed by atoms with Crippen LogP contribution >= 0.6 is 0 Å². The van der Waals surface area contributed by atoms with E-state index >= 15 is 0 Å². The Balaban J connectivity index is 1.57. The quantitative estimate of drug-likeness (QED) is 0.245. The minimum absolute atomic E-state index is 0.0471. The van der Waals surface area contributed by atoms with Gasteiger partial charge in [0.1, 0.15) is 23.4 Å². The number of ketones is 1. The molecule has 0 unspecified atom stereocenters. The molecule has 0 aliphatic carbocycles. The molecule has 2 aromatic carbocycles. The molecule has 3 heterocycles. The van der Waals surface area contributed by atoms with Gasteiger partial charge < -0.3 is 19.5 Å². The van der Waals surface area contributed by atoms with Gasteiger partial charge in [0.05, 0.1) is 18.2 Å². The summed E-state index contributed by atoms with van der Waals surface area (Å²) in [7, 11) is 0. The van der Waals surface area contributed by atoms with E-state index < -0.39 is 17.7 Å². The van der Waals surface area contributed by atoms with Crippen molar-refractivity contribution in [2.45, 2.75) is 52.3 Å². The maximum Gasteiger partial charge on any atom is 0.295 e. The fraction of sp³-hybridized carbons (Fsp3) is 0.323. The lowest BCUT2D eigenvalue weighted by Gasteiger charge is -2.25. The maximum absolute atomic E-state index is 13.4. The van der Waals surface area contributed by atoms with Crippen molar-refractivity contribution in [2.24, 2.45) is 5.92 Å². The molecule has 1 amide bonds. The highest BCUT2D eigenvalue weighted by Gasteiger charge is 2.46. The molecule has 2 atom stereocenters. The lowest BCUT2D eigenvalue weighted by Crippen LogP contribution is -2.29. The van der Waals surface area contributed by atoms with Crippen molar-refractivity contribution in [3.05, 3.63) is 94.8 Å². The van der Waals surface area contributed by atoms with Crippen LogP contribution in [0.1, 0.15) is 55.5 Å². The Hall–Kier alpha value is -4.13. The number of ether oxygens (including phenoxy) is 2. The van der Waals surface area contributed by atoms with Crippen LogP contribution in [0.25, 0.3) is 5.76 Å². The van der Waals surface area contributed by atoms with Crippen molar-refractivity contribution in [1.82, 2.24) is 9.88 Å². The number of benzene rings is 2. The molecule has 0 radical (unpaired) electrons. The largest absolute Gasteiger partial charge is 0.507 e. The van der Waals surface area contributed by atoms with E-state index in [0.717, 1.165) is 23.3 Å². The summed E-state index contributed by atoms with van der Waals surface area (Å²) in [5.74, 6) is 0.353. The number of aromatic nitrogens is 1. The molecule has 3 aromatic rings. The third-order valence-corrected chi connectivity index (χ3v) is 6.92. The summed E-state index contributed by atoms with van der Waals surface area (Å²) in [5, 5.41) is 11.5. The molecule has 5 rings (SSSR count). The zero-order valence-electron chi connectivity index (χ0n) is 21.9. The van der Waals surface area contributed by atoms with Gasteiger partial charge in [0, 0.05) is 30.9 Å². The maximum atomic E-state index is 13.4. The van der Waals surface area contributed by atoms with E-state index in [2.05, 4.69) is 18.8 Å². The topological polar surface area (TPSA) is 89.0 Å². The molecule has 1 N–H and O–H groups in total. The molecule has 2 aliphatic heterocycles. The number of hydrogen-bond donors (Lipinski definition) is 1. The highest BCUT2D eigenvalue weighted by atomic mass is 16.5. The second-order valence-corrected chi connectivity index (χ2v) is 10.3. The minimum Gasteiger partial charge on any atom is -0.507 e. The predicted molar refractivity (Wildman–Crippen MR) is 144 cm³/mol. The molecule has 2 aliphatic rings. The summed E-state index contributed by atoms with van der Waals surface area (Å²) in [6.07, 6.45) is 5.00. The van der Waals surface area contributed by atoms with Crippen LogP contribution in [0.3, 0.4) is 0 Å². The first kappa shape index (κ1) is 25.5. The van der Waals surface area contributed by atoms with Crippen LogP contribution in [0.4, 0.5) is 0 Å². The van der Waals surface area contributed by atoms with Crippen LogP contribution in [-0.4, -0.2) is 39.4 Å². The van der Waals surface area contributed by atoms with E-state index in [-0.39, 0.29) is 24.0 Å². The normalized spacial score (nSPS) is 20.1. The number of aliphatic hydroxyl groups excluding tert-OH is 1. The van der Waals surface area contributed by atoms with Crippen LogP contribution in [-0.2, 0) is 22.6 Å². The summed E-state index contributed by atoms with van der Waals surface area (Å²) in [6.45, 7) is 7.00. The van der Waals surface area contributed by atoms with Gasteiger partial charge in [0.25, 0.3) is 11.7 Å². The molecule has 196 valence electrons.